The Morgan fingerprint density at radius 1 is 1.10 bits per heavy atom. The van der Waals surface area contributed by atoms with Gasteiger partial charge in [0.1, 0.15) is 11.5 Å². The van der Waals surface area contributed by atoms with E-state index in [2.05, 4.69) is 0 Å². The van der Waals surface area contributed by atoms with Crippen LogP contribution in [0.2, 0.25) is 5.02 Å². The van der Waals surface area contributed by atoms with E-state index in [1.807, 2.05) is 0 Å². The van der Waals surface area contributed by atoms with E-state index in [0.717, 1.165) is 6.26 Å². The lowest BCUT2D eigenvalue weighted by molar-refractivity contribution is 0.0696. The second-order valence-electron chi connectivity index (χ2n) is 4.29. The molecular formula is C14H11ClO5S. The van der Waals surface area contributed by atoms with Gasteiger partial charge in [-0.25, -0.2) is 13.2 Å². The van der Waals surface area contributed by atoms with E-state index in [4.69, 9.17) is 21.4 Å². The van der Waals surface area contributed by atoms with Gasteiger partial charge >= 0.3 is 5.97 Å². The summed E-state index contributed by atoms with van der Waals surface area (Å²) in [4.78, 5) is 11.2. The highest BCUT2D eigenvalue weighted by Crippen LogP contribution is 2.27. The Balaban J connectivity index is 2.26. The number of halogens is 1. The van der Waals surface area contributed by atoms with Crippen molar-refractivity contribution in [3.8, 4) is 11.5 Å². The molecule has 0 spiro atoms. The Morgan fingerprint density at radius 2 is 1.67 bits per heavy atom. The maximum absolute atomic E-state index is 11.3. The summed E-state index contributed by atoms with van der Waals surface area (Å²) in [6, 6.07) is 10.1. The molecular weight excluding hydrogens is 316 g/mol. The van der Waals surface area contributed by atoms with Crippen molar-refractivity contribution in [2.45, 2.75) is 4.90 Å². The van der Waals surface area contributed by atoms with Crippen LogP contribution in [-0.2, 0) is 9.84 Å². The largest absolute Gasteiger partial charge is 0.478 e. The Kier molecular flexibility index (Phi) is 4.20. The van der Waals surface area contributed by atoms with Gasteiger partial charge in [-0.15, -0.1) is 0 Å². The van der Waals surface area contributed by atoms with Crippen LogP contribution in [0.25, 0.3) is 0 Å². The highest BCUT2D eigenvalue weighted by molar-refractivity contribution is 7.90. The zero-order valence-corrected chi connectivity index (χ0v) is 12.5. The van der Waals surface area contributed by atoms with Crippen LogP contribution >= 0.6 is 11.6 Å². The van der Waals surface area contributed by atoms with E-state index < -0.39 is 15.8 Å². The Hall–Kier alpha value is -2.05. The fraction of sp³-hybridized carbons (Fsp3) is 0.0714. The molecule has 0 atom stereocenters. The third-order valence-corrected chi connectivity index (χ3v) is 4.11. The average Bonchev–Trinajstić information content (AvgIpc) is 2.40. The molecule has 0 aliphatic rings. The fourth-order valence-electron chi connectivity index (χ4n) is 1.62. The van der Waals surface area contributed by atoms with E-state index in [9.17, 15) is 13.2 Å². The van der Waals surface area contributed by atoms with E-state index in [0.29, 0.717) is 11.5 Å². The van der Waals surface area contributed by atoms with Crippen LogP contribution in [0.4, 0.5) is 0 Å². The number of hydrogen-bond donors (Lipinski definition) is 1. The van der Waals surface area contributed by atoms with Gasteiger partial charge in [-0.1, -0.05) is 11.6 Å². The van der Waals surface area contributed by atoms with Gasteiger partial charge in [0.25, 0.3) is 0 Å². The summed E-state index contributed by atoms with van der Waals surface area (Å²) in [6.07, 6.45) is 1.11. The predicted molar refractivity (Wildman–Crippen MR) is 78.0 cm³/mol. The van der Waals surface area contributed by atoms with Crippen LogP contribution in [0.15, 0.2) is 47.4 Å². The third-order valence-electron chi connectivity index (χ3n) is 2.66. The number of carboxylic acids is 1. The van der Waals surface area contributed by atoms with Gasteiger partial charge in [0.15, 0.2) is 9.84 Å². The zero-order valence-electron chi connectivity index (χ0n) is 10.9. The quantitative estimate of drug-likeness (QED) is 0.932. The van der Waals surface area contributed by atoms with Gasteiger partial charge < -0.3 is 9.84 Å². The molecule has 0 aliphatic carbocycles. The van der Waals surface area contributed by atoms with E-state index in [1.54, 1.807) is 0 Å². The molecule has 5 nitrogen and oxygen atoms in total. The Labute approximate surface area is 126 Å². The van der Waals surface area contributed by atoms with E-state index >= 15 is 0 Å². The van der Waals surface area contributed by atoms with Crippen molar-refractivity contribution in [1.82, 2.24) is 0 Å². The molecule has 2 aromatic rings. The molecule has 0 amide bonds. The zero-order chi connectivity index (χ0) is 15.6. The van der Waals surface area contributed by atoms with Gasteiger partial charge in [-0.3, -0.25) is 0 Å². The Bertz CT molecular complexity index is 782. The maximum Gasteiger partial charge on any atom is 0.337 e. The van der Waals surface area contributed by atoms with Crippen LogP contribution in [-0.4, -0.2) is 25.7 Å². The first-order chi connectivity index (χ1) is 9.77. The molecule has 0 saturated heterocycles. The SMILES string of the molecule is CS(=O)(=O)c1ccc(Oc2ccc(Cl)c(C(=O)O)c2)cc1. The summed E-state index contributed by atoms with van der Waals surface area (Å²) in [6.45, 7) is 0. The van der Waals surface area contributed by atoms with Crippen molar-refractivity contribution in [3.63, 3.8) is 0 Å². The first kappa shape index (κ1) is 15.3. The average molecular weight is 327 g/mol. The van der Waals surface area contributed by atoms with Crippen molar-refractivity contribution in [1.29, 1.82) is 0 Å². The van der Waals surface area contributed by atoms with Crippen LogP contribution < -0.4 is 4.74 Å². The van der Waals surface area contributed by atoms with Crippen LogP contribution in [0.3, 0.4) is 0 Å². The molecule has 1 N–H and O–H groups in total. The summed E-state index contributed by atoms with van der Waals surface area (Å²) in [5.74, 6) is -0.470. The summed E-state index contributed by atoms with van der Waals surface area (Å²) >= 11 is 5.76. The first-order valence-electron chi connectivity index (χ1n) is 5.78. The molecule has 0 aromatic heterocycles. The van der Waals surface area contributed by atoms with Crippen molar-refractivity contribution in [2.75, 3.05) is 6.26 Å². The summed E-state index contributed by atoms with van der Waals surface area (Å²) in [7, 11) is -3.27. The second kappa shape index (κ2) is 5.75. The van der Waals surface area contributed by atoms with Gasteiger partial charge in [-0.2, -0.15) is 0 Å². The van der Waals surface area contributed by atoms with Crippen LogP contribution in [0.1, 0.15) is 10.4 Å². The maximum atomic E-state index is 11.3. The molecule has 7 heteroatoms. The minimum atomic E-state index is -3.27. The van der Waals surface area contributed by atoms with Crippen molar-refractivity contribution in [2.24, 2.45) is 0 Å². The standard InChI is InChI=1S/C14H11ClO5S/c1-21(18,19)11-5-2-9(3-6-11)20-10-4-7-13(15)12(8-10)14(16)17/h2-8H,1H3,(H,16,17). The summed E-state index contributed by atoms with van der Waals surface area (Å²) in [5.41, 5.74) is -0.0677. The molecule has 0 radical (unpaired) electrons. The van der Waals surface area contributed by atoms with Crippen molar-refractivity contribution in [3.05, 3.63) is 53.1 Å². The molecule has 0 fully saturated rings. The predicted octanol–water partition coefficient (Wildman–Crippen LogP) is 3.23. The van der Waals surface area contributed by atoms with Gasteiger partial charge in [0.05, 0.1) is 15.5 Å². The highest BCUT2D eigenvalue weighted by atomic mass is 35.5. The lowest BCUT2D eigenvalue weighted by Gasteiger charge is -2.08. The smallest absolute Gasteiger partial charge is 0.337 e. The topological polar surface area (TPSA) is 80.7 Å². The van der Waals surface area contributed by atoms with Gasteiger partial charge in [-0.05, 0) is 42.5 Å². The lowest BCUT2D eigenvalue weighted by Crippen LogP contribution is -1.98. The summed E-state index contributed by atoms with van der Waals surface area (Å²) < 4.78 is 28.2. The molecule has 0 heterocycles. The molecule has 110 valence electrons. The molecule has 2 aromatic carbocycles. The fourth-order valence-corrected chi connectivity index (χ4v) is 2.45. The molecule has 0 saturated carbocycles. The first-order valence-corrected chi connectivity index (χ1v) is 8.05. The molecule has 2 rings (SSSR count). The summed E-state index contributed by atoms with van der Waals surface area (Å²) in [5, 5.41) is 9.09. The number of benzene rings is 2. The van der Waals surface area contributed by atoms with Crippen LogP contribution in [0.5, 0.6) is 11.5 Å². The molecule has 0 aliphatic heterocycles. The minimum absolute atomic E-state index is 0.0677. The van der Waals surface area contributed by atoms with Crippen molar-refractivity contribution < 1.29 is 23.1 Å². The highest BCUT2D eigenvalue weighted by Gasteiger charge is 2.11. The molecule has 0 bridgehead atoms. The normalized spacial score (nSPS) is 11.1. The van der Waals surface area contributed by atoms with E-state index in [-0.39, 0.29) is 15.5 Å². The van der Waals surface area contributed by atoms with E-state index in [1.165, 1.54) is 42.5 Å². The second-order valence-corrected chi connectivity index (χ2v) is 6.72. The number of aromatic carboxylic acids is 1. The number of ether oxygens (including phenoxy) is 1. The monoisotopic (exact) mass is 326 g/mol. The number of hydrogen-bond acceptors (Lipinski definition) is 4. The van der Waals surface area contributed by atoms with Gasteiger partial charge in [0.2, 0.25) is 0 Å². The molecule has 0 unspecified atom stereocenters. The third kappa shape index (κ3) is 3.74. The Morgan fingerprint density at radius 3 is 2.19 bits per heavy atom. The number of rotatable bonds is 4. The number of carbonyl (C=O) groups is 1. The number of sulfone groups is 1. The van der Waals surface area contributed by atoms with Crippen molar-refractivity contribution >= 4 is 27.4 Å². The molecule has 21 heavy (non-hydrogen) atoms. The minimum Gasteiger partial charge on any atom is -0.478 e. The van der Waals surface area contributed by atoms with Gasteiger partial charge in [0, 0.05) is 6.26 Å². The lowest BCUT2D eigenvalue weighted by atomic mass is 10.2. The number of carboxylic acid groups (broad SMARTS) is 1. The van der Waals surface area contributed by atoms with Crippen LogP contribution in [0, 0.1) is 0 Å².